The molecular formula is C11H18ClN3O2S. The molecule has 1 heterocycles. The van der Waals surface area contributed by atoms with Gasteiger partial charge in [-0.1, -0.05) is 0 Å². The standard InChI is InChI=1S/C11H18ClN3O2S/c1-14(9-3-6-12)18(16,17)15(2)10-11-4-7-13-8-5-11/h4-5,7-8H,3,6,9-10H2,1-2H3. The van der Waals surface area contributed by atoms with Crippen molar-refractivity contribution < 1.29 is 8.42 Å². The van der Waals surface area contributed by atoms with Crippen molar-refractivity contribution in [1.82, 2.24) is 13.6 Å². The second kappa shape index (κ2) is 7.04. The van der Waals surface area contributed by atoms with E-state index in [0.29, 0.717) is 25.4 Å². The molecule has 0 fully saturated rings. The highest BCUT2D eigenvalue weighted by Crippen LogP contribution is 2.09. The van der Waals surface area contributed by atoms with Crippen LogP contribution in [0.3, 0.4) is 0 Å². The number of pyridine rings is 1. The first-order valence-electron chi connectivity index (χ1n) is 5.61. The summed E-state index contributed by atoms with van der Waals surface area (Å²) in [4.78, 5) is 3.90. The summed E-state index contributed by atoms with van der Waals surface area (Å²) in [7, 11) is -0.299. The van der Waals surface area contributed by atoms with Crippen LogP contribution in [0.5, 0.6) is 0 Å². The van der Waals surface area contributed by atoms with Gasteiger partial charge < -0.3 is 0 Å². The molecule has 0 bridgehead atoms. The first kappa shape index (κ1) is 15.4. The fourth-order valence-corrected chi connectivity index (χ4v) is 2.73. The number of halogens is 1. The van der Waals surface area contributed by atoms with Crippen LogP contribution < -0.4 is 0 Å². The number of alkyl halides is 1. The number of rotatable bonds is 7. The summed E-state index contributed by atoms with van der Waals surface area (Å²) in [5.74, 6) is 0.452. The van der Waals surface area contributed by atoms with Crippen molar-refractivity contribution in [1.29, 1.82) is 0 Å². The van der Waals surface area contributed by atoms with E-state index in [0.717, 1.165) is 5.56 Å². The first-order valence-corrected chi connectivity index (χ1v) is 7.54. The van der Waals surface area contributed by atoms with E-state index in [-0.39, 0.29) is 0 Å². The highest BCUT2D eigenvalue weighted by Gasteiger charge is 2.22. The smallest absolute Gasteiger partial charge is 0.265 e. The Hall–Kier alpha value is -0.690. The topological polar surface area (TPSA) is 53.5 Å². The molecule has 0 aliphatic carbocycles. The molecule has 102 valence electrons. The third-order valence-corrected chi connectivity index (χ3v) is 4.70. The van der Waals surface area contributed by atoms with Crippen LogP contribution in [0.15, 0.2) is 24.5 Å². The molecule has 1 rings (SSSR count). The molecule has 5 nitrogen and oxygen atoms in total. The number of nitrogens with zero attached hydrogens (tertiary/aromatic N) is 3. The maximum absolute atomic E-state index is 12.1. The van der Waals surface area contributed by atoms with Gasteiger partial charge in [0.2, 0.25) is 0 Å². The number of hydrogen-bond donors (Lipinski definition) is 0. The van der Waals surface area contributed by atoms with Gasteiger partial charge in [-0.2, -0.15) is 17.0 Å². The molecular weight excluding hydrogens is 274 g/mol. The normalized spacial score (nSPS) is 12.3. The quantitative estimate of drug-likeness (QED) is 0.712. The van der Waals surface area contributed by atoms with Gasteiger partial charge in [0.1, 0.15) is 0 Å². The fraction of sp³-hybridized carbons (Fsp3) is 0.545. The molecule has 7 heteroatoms. The zero-order valence-corrected chi connectivity index (χ0v) is 12.2. The van der Waals surface area contributed by atoms with E-state index in [1.165, 1.54) is 8.61 Å². The van der Waals surface area contributed by atoms with Gasteiger partial charge in [0.15, 0.2) is 0 Å². The monoisotopic (exact) mass is 291 g/mol. The van der Waals surface area contributed by atoms with Gasteiger partial charge in [0.05, 0.1) is 0 Å². The largest absolute Gasteiger partial charge is 0.281 e. The van der Waals surface area contributed by atoms with Crippen LogP contribution in [0.25, 0.3) is 0 Å². The Kier molecular flexibility index (Phi) is 6.01. The van der Waals surface area contributed by atoms with Crippen molar-refractivity contribution in [3.8, 4) is 0 Å². The molecule has 0 saturated heterocycles. The van der Waals surface area contributed by atoms with Crippen molar-refractivity contribution in [3.05, 3.63) is 30.1 Å². The van der Waals surface area contributed by atoms with Crippen LogP contribution in [-0.2, 0) is 16.8 Å². The molecule has 0 aliphatic heterocycles. The Labute approximate surface area is 114 Å². The molecule has 0 spiro atoms. The third-order valence-electron chi connectivity index (χ3n) is 2.55. The summed E-state index contributed by atoms with van der Waals surface area (Å²) in [6.07, 6.45) is 3.93. The molecule has 0 radical (unpaired) electrons. The van der Waals surface area contributed by atoms with Gasteiger partial charge in [0.25, 0.3) is 10.2 Å². The number of hydrogen-bond acceptors (Lipinski definition) is 3. The average Bonchev–Trinajstić information content (AvgIpc) is 2.36. The van der Waals surface area contributed by atoms with Gasteiger partial charge in [-0.25, -0.2) is 0 Å². The van der Waals surface area contributed by atoms with Crippen LogP contribution >= 0.6 is 11.6 Å². The van der Waals surface area contributed by atoms with Gasteiger partial charge in [-0.3, -0.25) is 4.98 Å². The van der Waals surface area contributed by atoms with Crippen LogP contribution in [0.4, 0.5) is 0 Å². The van der Waals surface area contributed by atoms with Gasteiger partial charge >= 0.3 is 0 Å². The van der Waals surface area contributed by atoms with Crippen molar-refractivity contribution in [2.24, 2.45) is 0 Å². The second-order valence-corrected chi connectivity index (χ2v) is 6.50. The maximum atomic E-state index is 12.1. The van der Waals surface area contributed by atoms with E-state index in [1.807, 2.05) is 0 Å². The summed E-state index contributed by atoms with van der Waals surface area (Å²) < 4.78 is 26.9. The van der Waals surface area contributed by atoms with E-state index < -0.39 is 10.2 Å². The van der Waals surface area contributed by atoms with Crippen LogP contribution in [0.2, 0.25) is 0 Å². The average molecular weight is 292 g/mol. The van der Waals surface area contributed by atoms with Crippen LogP contribution in [0.1, 0.15) is 12.0 Å². The van der Waals surface area contributed by atoms with E-state index in [2.05, 4.69) is 4.98 Å². The molecule has 0 atom stereocenters. The molecule has 1 aromatic rings. The Morgan fingerprint density at radius 1 is 1.22 bits per heavy atom. The van der Waals surface area contributed by atoms with Gasteiger partial charge in [0, 0.05) is 45.5 Å². The summed E-state index contributed by atoms with van der Waals surface area (Å²) in [6.45, 7) is 0.753. The van der Waals surface area contributed by atoms with Gasteiger partial charge in [-0.05, 0) is 24.1 Å². The Morgan fingerprint density at radius 2 is 1.83 bits per heavy atom. The lowest BCUT2D eigenvalue weighted by Gasteiger charge is -2.24. The van der Waals surface area contributed by atoms with E-state index >= 15 is 0 Å². The number of aromatic nitrogens is 1. The highest BCUT2D eigenvalue weighted by atomic mass is 35.5. The van der Waals surface area contributed by atoms with E-state index in [9.17, 15) is 8.42 Å². The highest BCUT2D eigenvalue weighted by molar-refractivity contribution is 7.86. The first-order chi connectivity index (χ1) is 8.48. The molecule has 0 aliphatic rings. The van der Waals surface area contributed by atoms with Gasteiger partial charge in [-0.15, -0.1) is 11.6 Å². The second-order valence-electron chi connectivity index (χ2n) is 3.98. The zero-order chi connectivity index (χ0) is 13.6. The van der Waals surface area contributed by atoms with E-state index in [1.54, 1.807) is 38.6 Å². The molecule has 1 aromatic heterocycles. The minimum Gasteiger partial charge on any atom is -0.265 e. The Bertz CT molecular complexity index is 453. The molecule has 0 amide bonds. The van der Waals surface area contributed by atoms with Crippen LogP contribution in [-0.4, -0.2) is 48.5 Å². The fourth-order valence-electron chi connectivity index (χ4n) is 1.46. The van der Waals surface area contributed by atoms with E-state index in [4.69, 9.17) is 11.6 Å². The van der Waals surface area contributed by atoms with Crippen molar-refractivity contribution in [2.75, 3.05) is 26.5 Å². The lowest BCUT2D eigenvalue weighted by atomic mass is 10.3. The SMILES string of the molecule is CN(CCCCl)S(=O)(=O)N(C)Cc1ccncc1. The third kappa shape index (κ3) is 4.20. The summed E-state index contributed by atoms with van der Waals surface area (Å²) in [5, 5.41) is 0. The molecule has 18 heavy (non-hydrogen) atoms. The maximum Gasteiger partial charge on any atom is 0.281 e. The Balaban J connectivity index is 2.67. The predicted molar refractivity (Wildman–Crippen MR) is 72.6 cm³/mol. The van der Waals surface area contributed by atoms with Crippen molar-refractivity contribution in [3.63, 3.8) is 0 Å². The molecule has 0 aromatic carbocycles. The van der Waals surface area contributed by atoms with Crippen molar-refractivity contribution in [2.45, 2.75) is 13.0 Å². The minimum absolute atomic E-state index is 0.329. The van der Waals surface area contributed by atoms with Crippen LogP contribution in [0, 0.1) is 0 Å². The summed E-state index contributed by atoms with van der Waals surface area (Å²) >= 11 is 5.56. The molecule has 0 saturated carbocycles. The lowest BCUT2D eigenvalue weighted by molar-refractivity contribution is 0.389. The molecule has 0 N–H and O–H groups in total. The van der Waals surface area contributed by atoms with Crippen molar-refractivity contribution >= 4 is 21.8 Å². The predicted octanol–water partition coefficient (Wildman–Crippen LogP) is 1.32. The zero-order valence-electron chi connectivity index (χ0n) is 10.6. The summed E-state index contributed by atoms with van der Waals surface area (Å²) in [5.41, 5.74) is 0.904. The Morgan fingerprint density at radius 3 is 2.39 bits per heavy atom. The molecule has 0 unspecified atom stereocenters. The minimum atomic E-state index is -3.42. The summed E-state index contributed by atoms with van der Waals surface area (Å²) in [6, 6.07) is 3.59. The lowest BCUT2D eigenvalue weighted by Crippen LogP contribution is -2.39.